The summed E-state index contributed by atoms with van der Waals surface area (Å²) in [6.07, 6.45) is 3.65. The third-order valence-electron chi connectivity index (χ3n) is 6.94. The van der Waals surface area contributed by atoms with Crippen LogP contribution in [-0.4, -0.2) is 59.9 Å². The maximum absolute atomic E-state index is 13.3. The number of amides is 4. The Kier molecular flexibility index (Phi) is 7.97. The lowest BCUT2D eigenvalue weighted by Gasteiger charge is -2.43. The molecule has 0 radical (unpaired) electrons. The molecule has 2 aromatic carbocycles. The van der Waals surface area contributed by atoms with E-state index in [2.05, 4.69) is 15.5 Å². The van der Waals surface area contributed by atoms with Crippen molar-refractivity contribution in [2.45, 2.75) is 37.8 Å². The Bertz CT molecular complexity index is 1030. The Hall–Kier alpha value is -3.46. The second-order valence-corrected chi connectivity index (χ2v) is 9.17. The number of benzene rings is 2. The maximum atomic E-state index is 13.3. The maximum Gasteiger partial charge on any atom is 0.321 e. The monoisotopic (exact) mass is 481 g/mol. The van der Waals surface area contributed by atoms with E-state index >= 15 is 0 Å². The van der Waals surface area contributed by atoms with Gasteiger partial charge >= 0.3 is 6.03 Å². The first-order valence-corrected chi connectivity index (χ1v) is 12.1. The number of urea groups is 1. The van der Waals surface area contributed by atoms with E-state index in [4.69, 9.17) is 5.73 Å². The number of carbonyl (C=O) groups excluding carboxylic acids is 3. The Labute approximate surface area is 204 Å². The first-order chi connectivity index (χ1) is 16.9. The first-order valence-electron chi connectivity index (χ1n) is 12.1. The summed E-state index contributed by atoms with van der Waals surface area (Å²) in [6, 6.07) is 13.7. The third-order valence-corrected chi connectivity index (χ3v) is 6.94. The molecular formula is C26H32FN5O3. The Morgan fingerprint density at radius 1 is 0.914 bits per heavy atom. The molecule has 8 nitrogen and oxygen atoms in total. The molecule has 186 valence electrons. The van der Waals surface area contributed by atoms with E-state index < -0.39 is 11.9 Å². The summed E-state index contributed by atoms with van der Waals surface area (Å²) < 4.78 is 13.1. The fraction of sp³-hybridized carbons (Fsp3) is 0.423. The molecule has 4 N–H and O–H groups in total. The smallest absolute Gasteiger partial charge is 0.321 e. The summed E-state index contributed by atoms with van der Waals surface area (Å²) in [5.74, 6) is -1.33. The van der Waals surface area contributed by atoms with Crippen LogP contribution < -0.4 is 16.4 Å². The molecule has 1 heterocycles. The van der Waals surface area contributed by atoms with Crippen molar-refractivity contribution >= 4 is 23.5 Å². The number of nitrogens with two attached hydrogens (primary N) is 1. The number of anilines is 1. The summed E-state index contributed by atoms with van der Waals surface area (Å²) in [7, 11) is 0. The molecule has 0 aromatic heterocycles. The van der Waals surface area contributed by atoms with Crippen molar-refractivity contribution in [3.8, 4) is 0 Å². The zero-order valence-corrected chi connectivity index (χ0v) is 19.7. The van der Waals surface area contributed by atoms with Gasteiger partial charge in [-0.3, -0.25) is 14.5 Å². The normalized spacial score (nSPS) is 21.7. The Morgan fingerprint density at radius 3 is 2.23 bits per heavy atom. The van der Waals surface area contributed by atoms with Gasteiger partial charge in [0, 0.05) is 37.9 Å². The van der Waals surface area contributed by atoms with Crippen molar-refractivity contribution in [2.75, 3.05) is 31.5 Å². The van der Waals surface area contributed by atoms with Crippen LogP contribution in [0, 0.1) is 11.7 Å². The lowest BCUT2D eigenvalue weighted by atomic mass is 9.82. The van der Waals surface area contributed by atoms with Gasteiger partial charge in [0.05, 0.1) is 5.92 Å². The molecule has 1 aliphatic carbocycles. The van der Waals surface area contributed by atoms with Gasteiger partial charge in [-0.25, -0.2) is 9.18 Å². The minimum atomic E-state index is -0.863. The van der Waals surface area contributed by atoms with Crippen LogP contribution in [0.4, 0.5) is 14.9 Å². The summed E-state index contributed by atoms with van der Waals surface area (Å²) in [6.45, 7) is 2.38. The molecule has 2 aromatic rings. The molecular weight excluding hydrogens is 449 g/mol. The highest BCUT2D eigenvalue weighted by atomic mass is 19.1. The molecule has 0 spiro atoms. The second-order valence-electron chi connectivity index (χ2n) is 9.17. The number of halogens is 1. The van der Waals surface area contributed by atoms with Crippen LogP contribution in [0.25, 0.3) is 0 Å². The van der Waals surface area contributed by atoms with Crippen LogP contribution in [0.1, 0.15) is 37.3 Å². The number of piperazine rings is 1. The predicted molar refractivity (Wildman–Crippen MR) is 131 cm³/mol. The Balaban J connectivity index is 1.35. The number of hydrogen-bond acceptors (Lipinski definition) is 4. The molecule has 35 heavy (non-hydrogen) atoms. The molecule has 2 fully saturated rings. The topological polar surface area (TPSA) is 108 Å². The Morgan fingerprint density at radius 2 is 1.57 bits per heavy atom. The summed E-state index contributed by atoms with van der Waals surface area (Å²) in [5.41, 5.74) is 6.82. The van der Waals surface area contributed by atoms with Crippen LogP contribution in [0.5, 0.6) is 0 Å². The zero-order valence-electron chi connectivity index (χ0n) is 19.7. The number of carbonyl (C=O) groups is 3. The number of nitrogens with one attached hydrogen (secondary N) is 2. The molecule has 1 saturated heterocycles. The minimum Gasteiger partial charge on any atom is -0.368 e. The average Bonchev–Trinajstić information content (AvgIpc) is 2.89. The quantitative estimate of drug-likeness (QED) is 0.590. The fourth-order valence-corrected chi connectivity index (χ4v) is 5.06. The predicted octanol–water partition coefficient (Wildman–Crippen LogP) is 2.88. The molecule has 9 heteroatoms. The molecule has 3 atom stereocenters. The number of hydrogen-bond donors (Lipinski definition) is 3. The third kappa shape index (κ3) is 6.16. The van der Waals surface area contributed by atoms with Gasteiger partial charge in [0.2, 0.25) is 11.8 Å². The average molecular weight is 482 g/mol. The van der Waals surface area contributed by atoms with Crippen LogP contribution >= 0.6 is 0 Å². The van der Waals surface area contributed by atoms with E-state index in [0.717, 1.165) is 25.7 Å². The van der Waals surface area contributed by atoms with Gasteiger partial charge in [-0.15, -0.1) is 0 Å². The fourth-order valence-electron chi connectivity index (χ4n) is 5.06. The van der Waals surface area contributed by atoms with Crippen molar-refractivity contribution in [1.82, 2.24) is 15.1 Å². The van der Waals surface area contributed by atoms with E-state index in [-0.39, 0.29) is 29.7 Å². The largest absolute Gasteiger partial charge is 0.368 e. The highest BCUT2D eigenvalue weighted by molar-refractivity contribution is 5.90. The summed E-state index contributed by atoms with van der Waals surface area (Å²) in [4.78, 5) is 42.0. The zero-order chi connectivity index (χ0) is 24.8. The van der Waals surface area contributed by atoms with Crippen molar-refractivity contribution in [2.24, 2.45) is 11.7 Å². The molecule has 1 aliphatic heterocycles. The number of primary amides is 1. The second kappa shape index (κ2) is 11.3. The summed E-state index contributed by atoms with van der Waals surface area (Å²) >= 11 is 0. The van der Waals surface area contributed by atoms with E-state index in [1.165, 1.54) is 24.3 Å². The lowest BCUT2D eigenvalue weighted by molar-refractivity contribution is -0.133. The van der Waals surface area contributed by atoms with Crippen molar-refractivity contribution in [1.29, 1.82) is 0 Å². The van der Waals surface area contributed by atoms with Crippen LogP contribution in [-0.2, 0) is 9.59 Å². The van der Waals surface area contributed by atoms with E-state index in [9.17, 15) is 18.8 Å². The molecule has 2 aliphatic rings. The van der Waals surface area contributed by atoms with Crippen molar-refractivity contribution < 1.29 is 18.8 Å². The molecule has 0 bridgehead atoms. The first kappa shape index (κ1) is 24.7. The van der Waals surface area contributed by atoms with Crippen LogP contribution in [0.3, 0.4) is 0 Å². The number of nitrogens with zero attached hydrogens (tertiary/aromatic N) is 2. The highest BCUT2D eigenvalue weighted by Gasteiger charge is 2.38. The van der Waals surface area contributed by atoms with Gasteiger partial charge in [0.15, 0.2) is 0 Å². The van der Waals surface area contributed by atoms with Crippen molar-refractivity contribution in [3.05, 3.63) is 66.0 Å². The van der Waals surface area contributed by atoms with E-state index in [0.29, 0.717) is 37.4 Å². The van der Waals surface area contributed by atoms with E-state index in [1.54, 1.807) is 17.0 Å². The molecule has 0 unspecified atom stereocenters. The van der Waals surface area contributed by atoms with Crippen LogP contribution in [0.2, 0.25) is 0 Å². The lowest BCUT2D eigenvalue weighted by Crippen LogP contribution is -2.57. The minimum absolute atomic E-state index is 0.0513. The molecule has 4 amide bonds. The van der Waals surface area contributed by atoms with Gasteiger partial charge < -0.3 is 21.3 Å². The molecule has 1 saturated carbocycles. The van der Waals surface area contributed by atoms with Gasteiger partial charge in [0.25, 0.3) is 0 Å². The SMILES string of the molecule is NC(=O)[C@@H](NC(=O)[C@@H]1CCCC[C@H]1N1CCN(C(=O)Nc2ccc(F)cc2)CC1)c1ccccc1. The van der Waals surface area contributed by atoms with E-state index in [1.807, 2.05) is 18.2 Å². The van der Waals surface area contributed by atoms with Crippen molar-refractivity contribution in [3.63, 3.8) is 0 Å². The van der Waals surface area contributed by atoms with Gasteiger partial charge in [-0.1, -0.05) is 43.2 Å². The van der Waals surface area contributed by atoms with Crippen LogP contribution in [0.15, 0.2) is 54.6 Å². The van der Waals surface area contributed by atoms with Gasteiger partial charge in [-0.2, -0.15) is 0 Å². The number of rotatable bonds is 6. The van der Waals surface area contributed by atoms with Gasteiger partial charge in [0.1, 0.15) is 11.9 Å². The highest BCUT2D eigenvalue weighted by Crippen LogP contribution is 2.30. The van der Waals surface area contributed by atoms with Gasteiger partial charge in [-0.05, 0) is 42.7 Å². The summed E-state index contributed by atoms with van der Waals surface area (Å²) in [5, 5.41) is 5.69. The molecule has 4 rings (SSSR count). The standard InChI is InChI=1S/C26H32FN5O3/c27-19-10-12-20(13-11-19)29-26(35)32-16-14-31(15-17-32)22-9-5-4-8-21(22)25(34)30-23(24(28)33)18-6-2-1-3-7-18/h1-3,6-7,10-13,21-23H,4-5,8-9,14-17H2,(H2,28,33)(H,29,35)(H,30,34)/t21-,22-,23+/m1/s1.